The number of hydrogen-bond acceptors (Lipinski definition) is 2. The molecule has 0 N–H and O–H groups in total. The molecule has 2 aromatic carbocycles. The van der Waals surface area contributed by atoms with Crippen molar-refractivity contribution in [1.29, 1.82) is 0 Å². The summed E-state index contributed by atoms with van der Waals surface area (Å²) >= 11 is 0. The van der Waals surface area contributed by atoms with Gasteiger partial charge in [0.2, 0.25) is 0 Å². The molecule has 0 aromatic heterocycles. The van der Waals surface area contributed by atoms with Crippen LogP contribution in [0, 0.1) is 29.3 Å². The van der Waals surface area contributed by atoms with Crippen LogP contribution in [0.5, 0.6) is 0 Å². The van der Waals surface area contributed by atoms with Gasteiger partial charge in [0.25, 0.3) is 0 Å². The van der Waals surface area contributed by atoms with Crippen LogP contribution in [0.4, 0.5) is 17.6 Å². The average molecular weight is 463 g/mol. The molecule has 1 aliphatic carbocycles. The normalized spacial score (nSPS) is 25.7. The number of alkyl halides is 1. The van der Waals surface area contributed by atoms with Crippen molar-refractivity contribution in [3.8, 4) is 11.1 Å². The summed E-state index contributed by atoms with van der Waals surface area (Å²) in [6, 6.07) is 6.79. The molecule has 2 nitrogen and oxygen atoms in total. The van der Waals surface area contributed by atoms with E-state index in [1.807, 2.05) is 12.1 Å². The van der Waals surface area contributed by atoms with E-state index in [1.54, 1.807) is 6.07 Å². The Kier molecular flexibility index (Phi) is 7.86. The zero-order chi connectivity index (χ0) is 23.4. The molecule has 1 aliphatic heterocycles. The smallest absolute Gasteiger partial charge is 0.160 e. The second-order valence-electron chi connectivity index (χ2n) is 9.17. The van der Waals surface area contributed by atoms with E-state index >= 15 is 0 Å². The minimum absolute atomic E-state index is 0.0629. The van der Waals surface area contributed by atoms with Gasteiger partial charge in [-0.2, -0.15) is 0 Å². The predicted octanol–water partition coefficient (Wildman–Crippen LogP) is 7.47. The van der Waals surface area contributed by atoms with Gasteiger partial charge >= 0.3 is 0 Å². The molecule has 0 amide bonds. The van der Waals surface area contributed by atoms with Crippen molar-refractivity contribution in [2.75, 3.05) is 13.2 Å². The Labute approximate surface area is 192 Å². The van der Waals surface area contributed by atoms with Crippen LogP contribution in [0.15, 0.2) is 43.0 Å². The molecule has 4 rings (SSSR count). The summed E-state index contributed by atoms with van der Waals surface area (Å²) in [5, 5.41) is 0. The first kappa shape index (κ1) is 24.0. The summed E-state index contributed by atoms with van der Waals surface area (Å²) in [6.45, 7) is 3.96. The fraction of sp³-hybridized carbons (Fsp3) is 0.481. The lowest BCUT2D eigenvalue weighted by Crippen LogP contribution is -2.38. The number of allylic oxidation sites excluding steroid dienone is 1. The molecule has 0 bridgehead atoms. The van der Waals surface area contributed by atoms with Crippen LogP contribution in [0.3, 0.4) is 0 Å². The first-order chi connectivity index (χ1) is 16.0. The Morgan fingerprint density at radius 3 is 2.15 bits per heavy atom. The summed E-state index contributed by atoms with van der Waals surface area (Å²) in [5.74, 6) is -1.57. The fourth-order valence-corrected chi connectivity index (χ4v) is 4.98. The molecule has 178 valence electrons. The molecule has 2 aromatic rings. The van der Waals surface area contributed by atoms with Crippen molar-refractivity contribution >= 4 is 0 Å². The van der Waals surface area contributed by atoms with Crippen molar-refractivity contribution < 1.29 is 27.0 Å². The third-order valence-electron chi connectivity index (χ3n) is 6.98. The van der Waals surface area contributed by atoms with Gasteiger partial charge in [-0.3, -0.25) is 0 Å². The van der Waals surface area contributed by atoms with E-state index in [0.29, 0.717) is 11.8 Å². The third-order valence-corrected chi connectivity index (χ3v) is 6.98. The maximum absolute atomic E-state index is 14.9. The van der Waals surface area contributed by atoms with Gasteiger partial charge in [0.05, 0.1) is 18.8 Å². The Bertz CT molecular complexity index is 938. The Morgan fingerprint density at radius 2 is 1.58 bits per heavy atom. The number of halogens is 4. The maximum atomic E-state index is 14.9. The summed E-state index contributed by atoms with van der Waals surface area (Å²) in [6.07, 6.45) is 7.44. The lowest BCUT2D eigenvalue weighted by molar-refractivity contribution is -0.229. The lowest BCUT2D eigenvalue weighted by Gasteiger charge is -2.37. The van der Waals surface area contributed by atoms with Crippen molar-refractivity contribution in [2.45, 2.75) is 57.4 Å². The molecule has 2 aliphatic rings. The zero-order valence-corrected chi connectivity index (χ0v) is 18.7. The van der Waals surface area contributed by atoms with Crippen LogP contribution in [-0.4, -0.2) is 19.5 Å². The largest absolute Gasteiger partial charge is 0.352 e. The Balaban J connectivity index is 1.36. The summed E-state index contributed by atoms with van der Waals surface area (Å²) in [4.78, 5) is 0. The zero-order valence-electron chi connectivity index (χ0n) is 18.7. The van der Waals surface area contributed by atoms with Crippen LogP contribution in [0.25, 0.3) is 11.1 Å². The predicted molar refractivity (Wildman–Crippen MR) is 120 cm³/mol. The second-order valence-corrected chi connectivity index (χ2v) is 9.17. The van der Waals surface area contributed by atoms with Gasteiger partial charge in [0, 0.05) is 17.4 Å². The van der Waals surface area contributed by atoms with Gasteiger partial charge in [-0.1, -0.05) is 18.2 Å². The molecule has 0 radical (unpaired) electrons. The number of rotatable bonds is 7. The molecule has 1 heterocycles. The number of benzene rings is 2. The summed E-state index contributed by atoms with van der Waals surface area (Å²) in [7, 11) is 0. The van der Waals surface area contributed by atoms with Gasteiger partial charge in [-0.25, -0.2) is 17.6 Å². The Morgan fingerprint density at radius 1 is 0.909 bits per heavy atom. The highest BCUT2D eigenvalue weighted by atomic mass is 19.1. The highest BCUT2D eigenvalue weighted by Crippen LogP contribution is 2.40. The van der Waals surface area contributed by atoms with E-state index in [4.69, 9.17) is 9.47 Å². The van der Waals surface area contributed by atoms with Crippen molar-refractivity contribution in [2.24, 2.45) is 11.8 Å². The van der Waals surface area contributed by atoms with E-state index in [1.165, 1.54) is 6.07 Å². The molecule has 0 atom stereocenters. The molecule has 33 heavy (non-hydrogen) atoms. The van der Waals surface area contributed by atoms with Gasteiger partial charge in [-0.15, -0.1) is 6.58 Å². The summed E-state index contributed by atoms with van der Waals surface area (Å²) in [5.41, 5.74) is 0.412. The van der Waals surface area contributed by atoms with Crippen molar-refractivity contribution in [1.82, 2.24) is 0 Å². The van der Waals surface area contributed by atoms with Gasteiger partial charge in [-0.05, 0) is 73.8 Å². The minimum Gasteiger partial charge on any atom is -0.352 e. The molecule has 2 fully saturated rings. The van der Waals surface area contributed by atoms with Crippen LogP contribution in [-0.2, 0) is 16.1 Å². The highest BCUT2D eigenvalue weighted by molar-refractivity contribution is 5.65. The van der Waals surface area contributed by atoms with Crippen molar-refractivity contribution in [3.63, 3.8) is 0 Å². The standard InChI is InChI=1S/C27H30F4O2/c1-2-3-4-17-15-32-27(33-16-17)19-7-5-18(6-8-19)20-9-10-22(24(29)11-20)21-12-25(30)23(14-28)26(31)13-21/h2,9-13,17-19,27H,1,3-8,14-16H2. The first-order valence-corrected chi connectivity index (χ1v) is 11.7. The molecule has 0 unspecified atom stereocenters. The van der Waals surface area contributed by atoms with Crippen molar-refractivity contribution in [3.05, 3.63) is 71.6 Å². The van der Waals surface area contributed by atoms with Crippen LogP contribution >= 0.6 is 0 Å². The first-order valence-electron chi connectivity index (χ1n) is 11.7. The maximum Gasteiger partial charge on any atom is 0.160 e. The van der Waals surface area contributed by atoms with E-state index in [2.05, 4.69) is 6.58 Å². The fourth-order valence-electron chi connectivity index (χ4n) is 4.98. The SMILES string of the molecule is C=CCCC1COC(C2CCC(c3ccc(-c4cc(F)c(CF)c(F)c4)c(F)c3)CC2)OC1. The minimum atomic E-state index is -1.24. The van der Waals surface area contributed by atoms with Crippen LogP contribution < -0.4 is 0 Å². The molecule has 1 saturated carbocycles. The topological polar surface area (TPSA) is 18.5 Å². The number of ether oxygens (including phenoxy) is 2. The molecule has 0 spiro atoms. The molecular formula is C27H30F4O2. The van der Waals surface area contributed by atoms with E-state index in [9.17, 15) is 17.6 Å². The van der Waals surface area contributed by atoms with E-state index in [-0.39, 0.29) is 23.3 Å². The van der Waals surface area contributed by atoms with Gasteiger partial charge < -0.3 is 9.47 Å². The van der Waals surface area contributed by atoms with E-state index < -0.39 is 29.7 Å². The average Bonchev–Trinajstić information content (AvgIpc) is 2.83. The highest BCUT2D eigenvalue weighted by Gasteiger charge is 2.33. The quantitative estimate of drug-likeness (QED) is 0.314. The second kappa shape index (κ2) is 10.8. The van der Waals surface area contributed by atoms with E-state index in [0.717, 1.165) is 69.4 Å². The number of hydrogen-bond donors (Lipinski definition) is 0. The van der Waals surface area contributed by atoms with Gasteiger partial charge in [0.15, 0.2) is 6.29 Å². The molecule has 6 heteroatoms. The monoisotopic (exact) mass is 462 g/mol. The molecule has 1 saturated heterocycles. The van der Waals surface area contributed by atoms with Gasteiger partial charge in [0.1, 0.15) is 24.1 Å². The van der Waals surface area contributed by atoms with Crippen LogP contribution in [0.2, 0.25) is 0 Å². The molecular weight excluding hydrogens is 432 g/mol. The lowest BCUT2D eigenvalue weighted by atomic mass is 9.78. The third kappa shape index (κ3) is 5.49. The van der Waals surface area contributed by atoms with Crippen LogP contribution in [0.1, 0.15) is 55.6 Å². The Hall–Kier alpha value is -2.18. The summed E-state index contributed by atoms with van der Waals surface area (Å²) < 4.78 is 67.5.